The molecule has 0 radical (unpaired) electrons. The van der Waals surface area contributed by atoms with Crippen LogP contribution in [0.2, 0.25) is 0 Å². The summed E-state index contributed by atoms with van der Waals surface area (Å²) in [7, 11) is 1.75. The molecule has 1 heterocycles. The molecule has 0 bridgehead atoms. The average molecular weight is 251 g/mol. The lowest BCUT2D eigenvalue weighted by Crippen LogP contribution is -2.37. The Hall–Kier alpha value is -1.13. The number of methoxy groups -OCH3 is 1. The topological polar surface area (TPSA) is 37.4 Å². The van der Waals surface area contributed by atoms with Gasteiger partial charge in [0.1, 0.15) is 0 Å². The van der Waals surface area contributed by atoms with E-state index in [1.807, 2.05) is 12.4 Å². The van der Waals surface area contributed by atoms with Crippen LogP contribution >= 0.6 is 0 Å². The molecule has 4 nitrogen and oxygen atoms in total. The molecule has 0 aromatic carbocycles. The third-order valence-electron chi connectivity index (χ3n) is 3.03. The van der Waals surface area contributed by atoms with E-state index in [2.05, 4.69) is 42.0 Å². The van der Waals surface area contributed by atoms with Gasteiger partial charge in [-0.3, -0.25) is 4.98 Å². The van der Waals surface area contributed by atoms with Gasteiger partial charge in [0, 0.05) is 49.9 Å². The lowest BCUT2D eigenvalue weighted by atomic mass is 10.1. The van der Waals surface area contributed by atoms with E-state index < -0.39 is 0 Å². The van der Waals surface area contributed by atoms with Gasteiger partial charge in [-0.2, -0.15) is 0 Å². The van der Waals surface area contributed by atoms with Crippen LogP contribution in [0, 0.1) is 0 Å². The molecule has 1 aromatic heterocycles. The Bertz CT molecular complexity index is 344. The van der Waals surface area contributed by atoms with Gasteiger partial charge in [0.2, 0.25) is 0 Å². The van der Waals surface area contributed by atoms with Gasteiger partial charge in [0.25, 0.3) is 0 Å². The molecule has 0 fully saturated rings. The molecule has 0 saturated carbocycles. The first-order valence-corrected chi connectivity index (χ1v) is 6.63. The number of hydrogen-bond donors (Lipinski definition) is 1. The van der Waals surface area contributed by atoms with Crippen molar-refractivity contribution in [3.8, 4) is 0 Å². The van der Waals surface area contributed by atoms with Gasteiger partial charge in [-0.05, 0) is 26.5 Å². The monoisotopic (exact) mass is 251 g/mol. The Morgan fingerprint density at radius 1 is 1.44 bits per heavy atom. The largest absolute Gasteiger partial charge is 0.383 e. The van der Waals surface area contributed by atoms with Crippen LogP contribution in [0.1, 0.15) is 26.3 Å². The zero-order chi connectivity index (χ0) is 13.4. The van der Waals surface area contributed by atoms with E-state index in [1.165, 1.54) is 11.3 Å². The molecule has 0 amide bonds. The van der Waals surface area contributed by atoms with Gasteiger partial charge in [0.15, 0.2) is 0 Å². The SMILES string of the molecule is CCNCc1cnccc1N(CC)C(C)COC. The smallest absolute Gasteiger partial charge is 0.0663 e. The van der Waals surface area contributed by atoms with Crippen molar-refractivity contribution in [1.29, 1.82) is 0 Å². The molecule has 4 heteroatoms. The molecule has 0 aliphatic heterocycles. The first-order chi connectivity index (χ1) is 8.74. The van der Waals surface area contributed by atoms with E-state index in [-0.39, 0.29) is 0 Å². The Labute approximate surface area is 110 Å². The molecular formula is C14H25N3O. The molecule has 0 aliphatic rings. The third-order valence-corrected chi connectivity index (χ3v) is 3.03. The predicted octanol–water partition coefficient (Wildman–Crippen LogP) is 2.05. The lowest BCUT2D eigenvalue weighted by molar-refractivity contribution is 0.182. The molecule has 1 aromatic rings. The first kappa shape index (κ1) is 14.9. The molecular weight excluding hydrogens is 226 g/mol. The minimum Gasteiger partial charge on any atom is -0.383 e. The maximum atomic E-state index is 5.26. The third kappa shape index (κ3) is 3.96. The number of nitrogens with zero attached hydrogens (tertiary/aromatic N) is 2. The summed E-state index contributed by atoms with van der Waals surface area (Å²) in [4.78, 5) is 6.58. The van der Waals surface area contributed by atoms with Gasteiger partial charge in [0.05, 0.1) is 6.61 Å². The Balaban J connectivity index is 2.89. The Morgan fingerprint density at radius 3 is 2.83 bits per heavy atom. The zero-order valence-corrected chi connectivity index (χ0v) is 11.9. The number of pyridine rings is 1. The fraction of sp³-hybridized carbons (Fsp3) is 0.643. The summed E-state index contributed by atoms with van der Waals surface area (Å²) in [5.41, 5.74) is 2.49. The summed E-state index contributed by atoms with van der Waals surface area (Å²) < 4.78 is 5.26. The number of hydrogen-bond acceptors (Lipinski definition) is 4. The number of likely N-dealkylation sites (N-methyl/N-ethyl adjacent to an activating group) is 1. The number of rotatable bonds is 8. The van der Waals surface area contributed by atoms with E-state index in [9.17, 15) is 0 Å². The fourth-order valence-corrected chi connectivity index (χ4v) is 2.15. The number of aromatic nitrogens is 1. The normalized spacial score (nSPS) is 12.4. The summed E-state index contributed by atoms with van der Waals surface area (Å²) in [6.07, 6.45) is 3.80. The van der Waals surface area contributed by atoms with Crippen LogP contribution in [0.4, 0.5) is 5.69 Å². The summed E-state index contributed by atoms with van der Waals surface area (Å²) in [6, 6.07) is 2.45. The molecule has 1 rings (SSSR count). The van der Waals surface area contributed by atoms with Crippen LogP contribution in [-0.2, 0) is 11.3 Å². The van der Waals surface area contributed by atoms with Crippen molar-refractivity contribution >= 4 is 5.69 Å². The Kier molecular flexibility index (Phi) is 6.68. The second-order valence-corrected chi connectivity index (χ2v) is 4.38. The molecule has 102 valence electrons. The van der Waals surface area contributed by atoms with Gasteiger partial charge in [-0.25, -0.2) is 0 Å². The molecule has 0 saturated heterocycles. The van der Waals surface area contributed by atoms with Crippen molar-refractivity contribution in [2.24, 2.45) is 0 Å². The van der Waals surface area contributed by atoms with Crippen molar-refractivity contribution in [3.05, 3.63) is 24.0 Å². The van der Waals surface area contributed by atoms with Crippen molar-refractivity contribution in [2.75, 3.05) is 31.7 Å². The molecule has 0 spiro atoms. The maximum Gasteiger partial charge on any atom is 0.0663 e. The standard InChI is InChI=1S/C14H25N3O/c1-5-15-9-13-10-16-8-7-14(13)17(6-2)12(3)11-18-4/h7-8,10,12,15H,5-6,9,11H2,1-4H3. The van der Waals surface area contributed by atoms with Crippen molar-refractivity contribution in [3.63, 3.8) is 0 Å². The number of nitrogens with one attached hydrogen (secondary N) is 1. The molecule has 0 aliphatic carbocycles. The number of anilines is 1. The van der Waals surface area contributed by atoms with Crippen LogP contribution < -0.4 is 10.2 Å². The molecule has 18 heavy (non-hydrogen) atoms. The van der Waals surface area contributed by atoms with Crippen LogP contribution in [-0.4, -0.2) is 37.8 Å². The Morgan fingerprint density at radius 2 is 2.22 bits per heavy atom. The zero-order valence-electron chi connectivity index (χ0n) is 11.9. The van der Waals surface area contributed by atoms with Gasteiger partial charge < -0.3 is 15.0 Å². The van der Waals surface area contributed by atoms with Gasteiger partial charge >= 0.3 is 0 Å². The van der Waals surface area contributed by atoms with Crippen molar-refractivity contribution in [2.45, 2.75) is 33.4 Å². The van der Waals surface area contributed by atoms with E-state index in [4.69, 9.17) is 4.74 Å². The van der Waals surface area contributed by atoms with Gasteiger partial charge in [-0.1, -0.05) is 6.92 Å². The first-order valence-electron chi connectivity index (χ1n) is 6.63. The highest BCUT2D eigenvalue weighted by molar-refractivity contribution is 5.53. The highest BCUT2D eigenvalue weighted by Crippen LogP contribution is 2.21. The summed E-state index contributed by atoms with van der Waals surface area (Å²) in [6.45, 7) is 9.99. The summed E-state index contributed by atoms with van der Waals surface area (Å²) >= 11 is 0. The van der Waals surface area contributed by atoms with E-state index in [0.29, 0.717) is 6.04 Å². The summed E-state index contributed by atoms with van der Waals surface area (Å²) in [5, 5.41) is 3.36. The van der Waals surface area contributed by atoms with E-state index in [0.717, 1.165) is 26.2 Å². The lowest BCUT2D eigenvalue weighted by Gasteiger charge is -2.31. The average Bonchev–Trinajstić information content (AvgIpc) is 2.39. The highest BCUT2D eigenvalue weighted by Gasteiger charge is 2.15. The maximum absolute atomic E-state index is 5.26. The second kappa shape index (κ2) is 8.06. The quantitative estimate of drug-likeness (QED) is 0.767. The van der Waals surface area contributed by atoms with Gasteiger partial charge in [-0.15, -0.1) is 0 Å². The van der Waals surface area contributed by atoms with Crippen LogP contribution in [0.3, 0.4) is 0 Å². The van der Waals surface area contributed by atoms with E-state index in [1.54, 1.807) is 7.11 Å². The number of ether oxygens (including phenoxy) is 1. The molecule has 1 atom stereocenters. The fourth-order valence-electron chi connectivity index (χ4n) is 2.15. The summed E-state index contributed by atoms with van der Waals surface area (Å²) in [5.74, 6) is 0. The minimum atomic E-state index is 0.364. The van der Waals surface area contributed by atoms with Crippen LogP contribution in [0.5, 0.6) is 0 Å². The van der Waals surface area contributed by atoms with Crippen molar-refractivity contribution in [1.82, 2.24) is 10.3 Å². The highest BCUT2D eigenvalue weighted by atomic mass is 16.5. The van der Waals surface area contributed by atoms with E-state index >= 15 is 0 Å². The second-order valence-electron chi connectivity index (χ2n) is 4.38. The van der Waals surface area contributed by atoms with Crippen LogP contribution in [0.25, 0.3) is 0 Å². The van der Waals surface area contributed by atoms with Crippen molar-refractivity contribution < 1.29 is 4.74 Å². The minimum absolute atomic E-state index is 0.364. The predicted molar refractivity (Wildman–Crippen MR) is 76.0 cm³/mol. The molecule has 1 unspecified atom stereocenters. The van der Waals surface area contributed by atoms with Crippen LogP contribution in [0.15, 0.2) is 18.5 Å². The molecule has 1 N–H and O–H groups in total.